The lowest BCUT2D eigenvalue weighted by molar-refractivity contribution is 0.477. The minimum atomic E-state index is 0.207. The van der Waals surface area contributed by atoms with Crippen molar-refractivity contribution in [3.8, 4) is 56.3 Å². The molecular formula is C52H51N3O. The van der Waals surface area contributed by atoms with Crippen LogP contribution in [0.3, 0.4) is 0 Å². The Bertz CT molecular complexity index is 2680. The SMILES string of the molecule is CC(C)c1cccc(C(C)C)c1-c1ccc2c(-c3cccc(-c4cccc5c4nc(-c4ccccc4O)n5-c4c(C(C)C)cccc4C(C)C)c3)nccc2c1. The first-order valence-corrected chi connectivity index (χ1v) is 20.1. The highest BCUT2D eigenvalue weighted by Gasteiger charge is 2.25. The summed E-state index contributed by atoms with van der Waals surface area (Å²) >= 11 is 0. The first-order valence-electron chi connectivity index (χ1n) is 20.1. The van der Waals surface area contributed by atoms with E-state index in [9.17, 15) is 5.11 Å². The van der Waals surface area contributed by atoms with Gasteiger partial charge in [-0.3, -0.25) is 9.55 Å². The molecule has 0 radical (unpaired) electrons. The minimum Gasteiger partial charge on any atom is -0.507 e. The zero-order valence-electron chi connectivity index (χ0n) is 33.8. The molecule has 0 aliphatic heterocycles. The molecule has 0 unspecified atom stereocenters. The maximum Gasteiger partial charge on any atom is 0.149 e. The normalized spacial score (nSPS) is 11.9. The van der Waals surface area contributed by atoms with E-state index in [2.05, 4.69) is 163 Å². The van der Waals surface area contributed by atoms with E-state index in [1.165, 1.54) is 38.8 Å². The molecule has 1 N–H and O–H groups in total. The van der Waals surface area contributed by atoms with E-state index in [0.29, 0.717) is 17.4 Å². The molecule has 0 amide bonds. The molecule has 56 heavy (non-hydrogen) atoms. The zero-order chi connectivity index (χ0) is 39.2. The molecule has 0 spiro atoms. The van der Waals surface area contributed by atoms with Crippen LogP contribution in [0.25, 0.3) is 72.4 Å². The van der Waals surface area contributed by atoms with Crippen LogP contribution in [0.15, 0.2) is 134 Å². The number of nitrogens with zero attached hydrogens (tertiary/aromatic N) is 3. The number of hydrogen-bond acceptors (Lipinski definition) is 3. The van der Waals surface area contributed by atoms with Crippen molar-refractivity contribution in [2.45, 2.75) is 79.1 Å². The molecule has 8 aromatic rings. The number of imidazole rings is 1. The summed E-state index contributed by atoms with van der Waals surface area (Å²) in [6.07, 6.45) is 1.94. The quantitative estimate of drug-likeness (QED) is 0.161. The van der Waals surface area contributed by atoms with Crippen LogP contribution in [0.4, 0.5) is 0 Å². The molecule has 0 fully saturated rings. The van der Waals surface area contributed by atoms with Crippen molar-refractivity contribution in [2.75, 3.05) is 0 Å². The molecule has 0 bridgehead atoms. The van der Waals surface area contributed by atoms with Gasteiger partial charge in [-0.1, -0.05) is 146 Å². The molecule has 0 atom stereocenters. The Hall–Kier alpha value is -6.00. The Morgan fingerprint density at radius 3 is 1.77 bits per heavy atom. The number of aromatic hydroxyl groups is 1. The summed E-state index contributed by atoms with van der Waals surface area (Å²) in [7, 11) is 0. The fraction of sp³-hybridized carbons (Fsp3) is 0.231. The van der Waals surface area contributed by atoms with Crippen LogP contribution in [0, 0.1) is 0 Å². The number of phenols is 1. The van der Waals surface area contributed by atoms with Crippen LogP contribution in [0.1, 0.15) is 101 Å². The van der Waals surface area contributed by atoms with Crippen molar-refractivity contribution in [3.05, 3.63) is 156 Å². The number of para-hydroxylation sites is 3. The molecule has 280 valence electrons. The van der Waals surface area contributed by atoms with E-state index in [-0.39, 0.29) is 17.6 Å². The Balaban J connectivity index is 1.31. The van der Waals surface area contributed by atoms with Crippen LogP contribution in [0.5, 0.6) is 5.75 Å². The number of pyridine rings is 1. The molecular weight excluding hydrogens is 683 g/mol. The molecule has 2 aromatic heterocycles. The first-order chi connectivity index (χ1) is 27.0. The van der Waals surface area contributed by atoms with Crippen molar-refractivity contribution in [1.29, 1.82) is 0 Å². The molecule has 0 aliphatic carbocycles. The van der Waals surface area contributed by atoms with E-state index in [4.69, 9.17) is 9.97 Å². The smallest absolute Gasteiger partial charge is 0.149 e. The second-order valence-electron chi connectivity index (χ2n) is 16.4. The Labute approximate surface area is 331 Å². The Kier molecular flexibility index (Phi) is 9.84. The first kappa shape index (κ1) is 36.9. The van der Waals surface area contributed by atoms with Crippen LogP contribution in [-0.2, 0) is 0 Å². The van der Waals surface area contributed by atoms with Gasteiger partial charge in [0.1, 0.15) is 11.6 Å². The molecule has 0 saturated heterocycles. The highest BCUT2D eigenvalue weighted by molar-refractivity contribution is 6.00. The van der Waals surface area contributed by atoms with E-state index in [1.807, 2.05) is 24.4 Å². The van der Waals surface area contributed by atoms with Crippen LogP contribution in [-0.4, -0.2) is 19.6 Å². The number of fused-ring (bicyclic) bond motifs is 2. The number of aromatic nitrogens is 3. The lowest BCUT2D eigenvalue weighted by atomic mass is 9.84. The minimum absolute atomic E-state index is 0.207. The van der Waals surface area contributed by atoms with Gasteiger partial charge in [0.05, 0.1) is 28.0 Å². The summed E-state index contributed by atoms with van der Waals surface area (Å²) in [5, 5.41) is 13.5. The predicted molar refractivity (Wildman–Crippen MR) is 236 cm³/mol. The second kappa shape index (κ2) is 14.9. The Morgan fingerprint density at radius 2 is 1.11 bits per heavy atom. The van der Waals surface area contributed by atoms with Crippen LogP contribution < -0.4 is 0 Å². The van der Waals surface area contributed by atoms with Crippen molar-refractivity contribution >= 4 is 21.8 Å². The average molecular weight is 734 g/mol. The third-order valence-electron chi connectivity index (χ3n) is 11.3. The van der Waals surface area contributed by atoms with Crippen molar-refractivity contribution in [3.63, 3.8) is 0 Å². The van der Waals surface area contributed by atoms with Crippen LogP contribution in [0.2, 0.25) is 0 Å². The van der Waals surface area contributed by atoms with Gasteiger partial charge in [0.2, 0.25) is 0 Å². The van der Waals surface area contributed by atoms with E-state index in [0.717, 1.165) is 50.3 Å². The lowest BCUT2D eigenvalue weighted by Gasteiger charge is -2.22. The summed E-state index contributed by atoms with van der Waals surface area (Å²) in [5.41, 5.74) is 15.7. The van der Waals surface area contributed by atoms with Gasteiger partial charge in [0.15, 0.2) is 0 Å². The number of rotatable bonds is 9. The predicted octanol–water partition coefficient (Wildman–Crippen LogP) is 14.4. The van der Waals surface area contributed by atoms with Gasteiger partial charge >= 0.3 is 0 Å². The van der Waals surface area contributed by atoms with Crippen molar-refractivity contribution < 1.29 is 5.11 Å². The summed E-state index contributed by atoms with van der Waals surface area (Å²) in [4.78, 5) is 10.4. The third-order valence-corrected chi connectivity index (χ3v) is 11.3. The van der Waals surface area contributed by atoms with E-state index in [1.54, 1.807) is 6.07 Å². The van der Waals surface area contributed by atoms with Gasteiger partial charge in [-0.05, 0) is 104 Å². The highest BCUT2D eigenvalue weighted by atomic mass is 16.3. The zero-order valence-corrected chi connectivity index (χ0v) is 33.8. The van der Waals surface area contributed by atoms with Gasteiger partial charge in [-0.25, -0.2) is 4.98 Å². The summed E-state index contributed by atoms with van der Waals surface area (Å²) < 4.78 is 2.29. The fourth-order valence-corrected chi connectivity index (χ4v) is 8.45. The summed E-state index contributed by atoms with van der Waals surface area (Å²) in [6.45, 7) is 18.1. The molecule has 8 rings (SSSR count). The van der Waals surface area contributed by atoms with Crippen molar-refractivity contribution in [2.24, 2.45) is 0 Å². The molecule has 4 nitrogen and oxygen atoms in total. The number of phenolic OH excluding ortho intramolecular Hbond substituents is 1. The molecule has 2 heterocycles. The topological polar surface area (TPSA) is 50.9 Å². The number of hydrogen-bond donors (Lipinski definition) is 1. The van der Waals surface area contributed by atoms with Gasteiger partial charge in [0.25, 0.3) is 0 Å². The van der Waals surface area contributed by atoms with Gasteiger partial charge in [0, 0.05) is 22.7 Å². The molecule has 0 aliphatic rings. The molecule has 6 aromatic carbocycles. The van der Waals surface area contributed by atoms with Crippen molar-refractivity contribution in [1.82, 2.24) is 14.5 Å². The van der Waals surface area contributed by atoms with E-state index >= 15 is 0 Å². The standard InChI is InChI=1S/C52H51N3O/c1-31(2)39-18-12-19-40(32(3)4)48(39)37-25-26-44-36(29-37)27-28-53-49(44)38-16-11-15-35(30-38)43-22-14-23-46-50(43)54-52(45-17-9-10-24-47(45)56)55(46)51-41(33(5)6)20-13-21-42(51)34(7)8/h9-34,56H,1-8H3. The van der Waals surface area contributed by atoms with Gasteiger partial charge in [-0.2, -0.15) is 0 Å². The lowest BCUT2D eigenvalue weighted by Crippen LogP contribution is -2.08. The maximum atomic E-state index is 11.2. The fourth-order valence-electron chi connectivity index (χ4n) is 8.45. The highest BCUT2D eigenvalue weighted by Crippen LogP contribution is 2.43. The maximum absolute atomic E-state index is 11.2. The van der Waals surface area contributed by atoms with Gasteiger partial charge < -0.3 is 5.11 Å². The largest absolute Gasteiger partial charge is 0.507 e. The van der Waals surface area contributed by atoms with Gasteiger partial charge in [-0.15, -0.1) is 0 Å². The van der Waals surface area contributed by atoms with E-state index < -0.39 is 0 Å². The monoisotopic (exact) mass is 733 g/mol. The Morgan fingerprint density at radius 1 is 0.518 bits per heavy atom. The third kappa shape index (κ3) is 6.47. The average Bonchev–Trinajstić information content (AvgIpc) is 3.59. The summed E-state index contributed by atoms with van der Waals surface area (Å²) in [6, 6.07) is 45.0. The molecule has 4 heteroatoms. The number of benzene rings is 6. The second-order valence-corrected chi connectivity index (χ2v) is 16.4. The summed E-state index contributed by atoms with van der Waals surface area (Å²) in [5.74, 6) is 2.33. The van der Waals surface area contributed by atoms with Crippen LogP contribution >= 0.6 is 0 Å². The molecule has 0 saturated carbocycles.